The molecule has 102 valence electrons. The van der Waals surface area contributed by atoms with Gasteiger partial charge < -0.3 is 9.84 Å². The Morgan fingerprint density at radius 2 is 1.94 bits per heavy atom. The minimum absolute atomic E-state index is 0.130. The maximum Gasteiger partial charge on any atom is 0.308 e. The standard InChI is InChI=1S/C9H20N2O5S/c1-7(2)8(9(12)13)6-11-17(14,15)10-4-5-16-3/h7-8,10-11H,4-6H2,1-3H3,(H,12,13). The zero-order chi connectivity index (χ0) is 13.5. The minimum Gasteiger partial charge on any atom is -0.481 e. The Labute approximate surface area is 102 Å². The summed E-state index contributed by atoms with van der Waals surface area (Å²) < 4.78 is 31.9. The van der Waals surface area contributed by atoms with Crippen LogP contribution in [0.5, 0.6) is 0 Å². The van der Waals surface area contributed by atoms with E-state index in [2.05, 4.69) is 9.44 Å². The first-order chi connectivity index (χ1) is 7.80. The molecule has 0 aliphatic carbocycles. The topological polar surface area (TPSA) is 105 Å². The van der Waals surface area contributed by atoms with E-state index >= 15 is 0 Å². The molecule has 0 aliphatic rings. The van der Waals surface area contributed by atoms with Gasteiger partial charge in [0.2, 0.25) is 0 Å². The zero-order valence-electron chi connectivity index (χ0n) is 10.3. The lowest BCUT2D eigenvalue weighted by molar-refractivity contribution is -0.142. The molecule has 0 aromatic carbocycles. The van der Waals surface area contributed by atoms with E-state index < -0.39 is 22.1 Å². The molecule has 0 fully saturated rings. The van der Waals surface area contributed by atoms with Crippen LogP contribution in [-0.2, 0) is 19.7 Å². The molecule has 0 aromatic heterocycles. The van der Waals surface area contributed by atoms with E-state index in [0.29, 0.717) is 0 Å². The molecule has 0 saturated heterocycles. The molecule has 0 aliphatic heterocycles. The fourth-order valence-electron chi connectivity index (χ4n) is 1.14. The minimum atomic E-state index is -3.66. The molecule has 0 radical (unpaired) electrons. The van der Waals surface area contributed by atoms with Crippen LogP contribution < -0.4 is 9.44 Å². The Kier molecular flexibility index (Phi) is 7.28. The van der Waals surface area contributed by atoms with Crippen molar-refractivity contribution in [2.75, 3.05) is 26.8 Å². The number of methoxy groups -OCH3 is 1. The van der Waals surface area contributed by atoms with Gasteiger partial charge in [0.05, 0.1) is 12.5 Å². The highest BCUT2D eigenvalue weighted by Crippen LogP contribution is 2.09. The summed E-state index contributed by atoms with van der Waals surface area (Å²) in [6.45, 7) is 3.73. The monoisotopic (exact) mass is 268 g/mol. The van der Waals surface area contributed by atoms with E-state index in [1.165, 1.54) is 7.11 Å². The quantitative estimate of drug-likeness (QED) is 0.485. The lowest BCUT2D eigenvalue weighted by atomic mass is 9.97. The summed E-state index contributed by atoms with van der Waals surface area (Å²) in [5.74, 6) is -1.90. The Bertz CT molecular complexity index is 328. The van der Waals surface area contributed by atoms with Gasteiger partial charge in [-0.05, 0) is 5.92 Å². The number of ether oxygens (including phenoxy) is 1. The van der Waals surface area contributed by atoms with Gasteiger partial charge in [0.15, 0.2) is 0 Å². The number of carboxylic acids is 1. The first-order valence-corrected chi connectivity index (χ1v) is 6.74. The third-order valence-electron chi connectivity index (χ3n) is 2.21. The highest BCUT2D eigenvalue weighted by molar-refractivity contribution is 7.87. The number of aliphatic carboxylic acids is 1. The first-order valence-electron chi connectivity index (χ1n) is 5.26. The maximum absolute atomic E-state index is 11.4. The number of rotatable bonds is 9. The van der Waals surface area contributed by atoms with E-state index in [4.69, 9.17) is 9.84 Å². The van der Waals surface area contributed by atoms with Gasteiger partial charge in [-0.25, -0.2) is 4.72 Å². The molecule has 7 nitrogen and oxygen atoms in total. The number of hydrogen-bond acceptors (Lipinski definition) is 4. The molecule has 0 heterocycles. The average molecular weight is 268 g/mol. The molecule has 0 amide bonds. The first kappa shape index (κ1) is 16.3. The van der Waals surface area contributed by atoms with Crippen molar-refractivity contribution in [1.29, 1.82) is 0 Å². The van der Waals surface area contributed by atoms with Crippen LogP contribution in [0, 0.1) is 11.8 Å². The van der Waals surface area contributed by atoms with E-state index in [0.717, 1.165) is 0 Å². The van der Waals surface area contributed by atoms with Gasteiger partial charge in [-0.3, -0.25) is 4.79 Å². The van der Waals surface area contributed by atoms with Crippen LogP contribution in [0.2, 0.25) is 0 Å². The molecule has 8 heteroatoms. The SMILES string of the molecule is COCCNS(=O)(=O)NCC(C(=O)O)C(C)C. The van der Waals surface area contributed by atoms with Crippen LogP contribution in [-0.4, -0.2) is 46.3 Å². The van der Waals surface area contributed by atoms with Crippen LogP contribution >= 0.6 is 0 Å². The molecule has 3 N–H and O–H groups in total. The second-order valence-electron chi connectivity index (χ2n) is 3.93. The highest BCUT2D eigenvalue weighted by Gasteiger charge is 2.23. The van der Waals surface area contributed by atoms with Gasteiger partial charge in [0, 0.05) is 20.2 Å². The van der Waals surface area contributed by atoms with Gasteiger partial charge in [-0.15, -0.1) is 0 Å². The van der Waals surface area contributed by atoms with Crippen LogP contribution in [0.4, 0.5) is 0 Å². The van der Waals surface area contributed by atoms with E-state index in [1.54, 1.807) is 13.8 Å². The van der Waals surface area contributed by atoms with Gasteiger partial charge in [0.25, 0.3) is 10.2 Å². The van der Waals surface area contributed by atoms with Crippen molar-refractivity contribution in [1.82, 2.24) is 9.44 Å². The summed E-state index contributed by atoms with van der Waals surface area (Å²) in [6, 6.07) is 0. The Balaban J connectivity index is 4.19. The number of carbonyl (C=O) groups is 1. The van der Waals surface area contributed by atoms with Crippen molar-refractivity contribution in [3.63, 3.8) is 0 Å². The summed E-state index contributed by atoms with van der Waals surface area (Å²) in [5.41, 5.74) is 0. The predicted octanol–water partition coefficient (Wildman–Crippen LogP) is -0.586. The molecular weight excluding hydrogens is 248 g/mol. The summed E-state index contributed by atoms with van der Waals surface area (Å²) in [4.78, 5) is 10.8. The second-order valence-corrected chi connectivity index (χ2v) is 5.51. The smallest absolute Gasteiger partial charge is 0.308 e. The number of carboxylic acid groups (broad SMARTS) is 1. The third-order valence-corrected chi connectivity index (χ3v) is 3.34. The van der Waals surface area contributed by atoms with Gasteiger partial charge in [-0.2, -0.15) is 13.1 Å². The van der Waals surface area contributed by atoms with Crippen LogP contribution in [0.3, 0.4) is 0 Å². The molecule has 0 saturated carbocycles. The lowest BCUT2D eigenvalue weighted by Crippen LogP contribution is -2.42. The summed E-state index contributed by atoms with van der Waals surface area (Å²) in [7, 11) is -2.20. The number of hydrogen-bond donors (Lipinski definition) is 3. The van der Waals surface area contributed by atoms with Crippen LogP contribution in [0.15, 0.2) is 0 Å². The zero-order valence-corrected chi connectivity index (χ0v) is 11.1. The van der Waals surface area contributed by atoms with E-state index in [-0.39, 0.29) is 25.6 Å². The normalized spacial score (nSPS) is 13.9. The van der Waals surface area contributed by atoms with Gasteiger partial charge in [0.1, 0.15) is 0 Å². The average Bonchev–Trinajstić information content (AvgIpc) is 2.16. The second kappa shape index (κ2) is 7.59. The van der Waals surface area contributed by atoms with Crippen molar-refractivity contribution < 1.29 is 23.1 Å². The Morgan fingerprint density at radius 3 is 2.35 bits per heavy atom. The highest BCUT2D eigenvalue weighted by atomic mass is 32.2. The maximum atomic E-state index is 11.4. The van der Waals surface area contributed by atoms with E-state index in [1.807, 2.05) is 0 Å². The summed E-state index contributed by atoms with van der Waals surface area (Å²) >= 11 is 0. The fraction of sp³-hybridized carbons (Fsp3) is 0.889. The van der Waals surface area contributed by atoms with Crippen molar-refractivity contribution in [2.45, 2.75) is 13.8 Å². The van der Waals surface area contributed by atoms with Crippen molar-refractivity contribution in [2.24, 2.45) is 11.8 Å². The predicted molar refractivity (Wildman–Crippen MR) is 62.8 cm³/mol. The fourth-order valence-corrected chi connectivity index (χ4v) is 1.99. The molecule has 0 aromatic rings. The molecule has 1 unspecified atom stereocenters. The van der Waals surface area contributed by atoms with Crippen LogP contribution in [0.1, 0.15) is 13.8 Å². The molecule has 0 bridgehead atoms. The molecule has 0 spiro atoms. The van der Waals surface area contributed by atoms with Crippen molar-refractivity contribution >= 4 is 16.2 Å². The Morgan fingerprint density at radius 1 is 1.35 bits per heavy atom. The van der Waals surface area contributed by atoms with Crippen molar-refractivity contribution in [3.8, 4) is 0 Å². The molecular formula is C9H20N2O5S. The van der Waals surface area contributed by atoms with Crippen LogP contribution in [0.25, 0.3) is 0 Å². The Hall–Kier alpha value is -0.700. The molecule has 0 rings (SSSR count). The summed E-state index contributed by atoms with van der Waals surface area (Å²) in [5, 5.41) is 8.88. The van der Waals surface area contributed by atoms with Gasteiger partial charge in [-0.1, -0.05) is 13.8 Å². The van der Waals surface area contributed by atoms with Crippen molar-refractivity contribution in [3.05, 3.63) is 0 Å². The lowest BCUT2D eigenvalue weighted by Gasteiger charge is -2.16. The molecule has 1 atom stereocenters. The van der Waals surface area contributed by atoms with E-state index in [9.17, 15) is 13.2 Å². The third kappa shape index (κ3) is 7.27. The largest absolute Gasteiger partial charge is 0.481 e. The number of nitrogens with one attached hydrogen (secondary N) is 2. The van der Waals surface area contributed by atoms with Gasteiger partial charge >= 0.3 is 5.97 Å². The molecule has 17 heavy (non-hydrogen) atoms. The summed E-state index contributed by atoms with van der Waals surface area (Å²) in [6.07, 6.45) is 0.